The van der Waals surface area contributed by atoms with Crippen molar-refractivity contribution in [3.05, 3.63) is 0 Å². The summed E-state index contributed by atoms with van der Waals surface area (Å²) in [5, 5.41) is 47.9. The summed E-state index contributed by atoms with van der Waals surface area (Å²) in [6, 6.07) is -0.0322. The highest BCUT2D eigenvalue weighted by Gasteiger charge is 2.88. The second kappa shape index (κ2) is 5.55. The van der Waals surface area contributed by atoms with Gasteiger partial charge in [0, 0.05) is 56.4 Å². The van der Waals surface area contributed by atoms with E-state index in [1.54, 1.807) is 14.2 Å². The van der Waals surface area contributed by atoms with Gasteiger partial charge in [0.15, 0.2) is 0 Å². The minimum atomic E-state index is -1.42. The minimum Gasteiger partial charge on any atom is -0.392 e. The number of rotatable bonds is 3. The average Bonchev–Trinajstić information content (AvgIpc) is 3.13. The molecule has 1 saturated heterocycles. The molecule has 6 fully saturated rings. The van der Waals surface area contributed by atoms with Crippen LogP contribution in [0.4, 0.5) is 0 Å². The number of fused-ring (bicyclic) bond motifs is 2. The molecule has 0 aromatic rings. The van der Waals surface area contributed by atoms with E-state index >= 15 is 0 Å². The number of likely N-dealkylation sites (tertiary alicyclic amines) is 1. The van der Waals surface area contributed by atoms with Crippen molar-refractivity contribution in [2.75, 3.05) is 27.3 Å². The van der Waals surface area contributed by atoms with E-state index in [1.165, 1.54) is 0 Å². The van der Waals surface area contributed by atoms with Crippen LogP contribution in [-0.4, -0.2) is 93.8 Å². The standard InChI is InChI=1S/C22H35NO6/c1-4-23-10-19(25)6-5-16(24)21-14(19)8-12(17(21)23)20(26)9-13(28-2)11-7-15(21)22(20,27)18(11)29-3/h11-18,24-27H,4-10H2,1-3H3/t11-,12+,13+,14-,15+,16-,17-,18-,19-,20+,21+,22+/m1/s1. The largest absolute Gasteiger partial charge is 0.392 e. The van der Waals surface area contributed by atoms with E-state index in [1.807, 2.05) is 0 Å². The Labute approximate surface area is 172 Å². The maximum Gasteiger partial charge on any atom is 0.124 e. The summed E-state index contributed by atoms with van der Waals surface area (Å²) in [6.07, 6.45) is 1.52. The Balaban J connectivity index is 1.63. The Hall–Kier alpha value is -0.280. The number of nitrogens with zero attached hydrogens (tertiary/aromatic N) is 1. The highest BCUT2D eigenvalue weighted by molar-refractivity contribution is 5.38. The molecule has 0 aromatic carbocycles. The van der Waals surface area contributed by atoms with Crippen LogP contribution in [0.1, 0.15) is 39.0 Å². The van der Waals surface area contributed by atoms with Gasteiger partial charge in [-0.15, -0.1) is 0 Å². The van der Waals surface area contributed by atoms with Gasteiger partial charge in [-0.2, -0.15) is 0 Å². The average molecular weight is 410 g/mol. The number of likely N-dealkylation sites (N-methyl/N-ethyl adjacent to an activating group) is 1. The summed E-state index contributed by atoms with van der Waals surface area (Å²) in [4.78, 5) is 2.30. The van der Waals surface area contributed by atoms with Crippen LogP contribution in [0.2, 0.25) is 0 Å². The summed E-state index contributed by atoms with van der Waals surface area (Å²) in [5.41, 5.74) is -4.25. The number of methoxy groups -OCH3 is 2. The van der Waals surface area contributed by atoms with Crippen LogP contribution in [0.3, 0.4) is 0 Å². The molecular formula is C22H35NO6. The van der Waals surface area contributed by atoms with Crippen LogP contribution in [0, 0.1) is 29.1 Å². The Kier molecular flexibility index (Phi) is 3.71. The van der Waals surface area contributed by atoms with Crippen molar-refractivity contribution in [2.24, 2.45) is 29.1 Å². The zero-order valence-corrected chi connectivity index (χ0v) is 17.6. The first-order valence-electron chi connectivity index (χ1n) is 11.4. The van der Waals surface area contributed by atoms with Gasteiger partial charge in [-0.25, -0.2) is 0 Å². The molecule has 7 bridgehead atoms. The molecule has 0 unspecified atom stereocenters. The van der Waals surface area contributed by atoms with Gasteiger partial charge in [0.05, 0.1) is 23.9 Å². The molecule has 0 aromatic heterocycles. The van der Waals surface area contributed by atoms with E-state index in [2.05, 4.69) is 11.8 Å². The number of β-amino-alcohol motifs (C(OH)–C–C–N with tert-alkyl or cyclic N) is 1. The molecule has 5 aliphatic carbocycles. The van der Waals surface area contributed by atoms with Crippen molar-refractivity contribution in [1.29, 1.82) is 0 Å². The molecule has 4 N–H and O–H groups in total. The second-order valence-electron chi connectivity index (χ2n) is 10.9. The lowest BCUT2D eigenvalue weighted by atomic mass is 9.44. The molecule has 1 aliphatic heterocycles. The smallest absolute Gasteiger partial charge is 0.124 e. The van der Waals surface area contributed by atoms with Crippen LogP contribution in [-0.2, 0) is 9.47 Å². The van der Waals surface area contributed by atoms with Crippen molar-refractivity contribution in [2.45, 2.75) is 80.2 Å². The molecule has 5 saturated carbocycles. The Morgan fingerprint density at radius 3 is 2.48 bits per heavy atom. The number of ether oxygens (including phenoxy) is 2. The topological polar surface area (TPSA) is 103 Å². The van der Waals surface area contributed by atoms with Crippen molar-refractivity contribution in [3.63, 3.8) is 0 Å². The molecule has 6 aliphatic rings. The first-order valence-corrected chi connectivity index (χ1v) is 11.4. The Bertz CT molecular complexity index is 736. The number of aliphatic hydroxyl groups is 4. The Morgan fingerprint density at radius 1 is 1.07 bits per heavy atom. The zero-order valence-electron chi connectivity index (χ0n) is 17.6. The second-order valence-corrected chi connectivity index (χ2v) is 10.9. The number of hydrogen-bond acceptors (Lipinski definition) is 7. The van der Waals surface area contributed by atoms with Crippen molar-refractivity contribution < 1.29 is 29.9 Å². The maximum absolute atomic E-state index is 12.3. The molecule has 1 heterocycles. The van der Waals surface area contributed by atoms with Gasteiger partial charge in [0.25, 0.3) is 0 Å². The summed E-state index contributed by atoms with van der Waals surface area (Å²) in [6.45, 7) is 3.45. The van der Waals surface area contributed by atoms with Crippen LogP contribution >= 0.6 is 0 Å². The lowest BCUT2D eigenvalue weighted by Crippen LogP contribution is -2.82. The van der Waals surface area contributed by atoms with Crippen molar-refractivity contribution in [3.8, 4) is 0 Å². The summed E-state index contributed by atoms with van der Waals surface area (Å²) >= 11 is 0. The molecule has 7 heteroatoms. The van der Waals surface area contributed by atoms with Gasteiger partial charge in [-0.05, 0) is 38.1 Å². The fourth-order valence-electron chi connectivity index (χ4n) is 9.99. The number of aliphatic hydroxyl groups excluding tert-OH is 1. The fourth-order valence-corrected chi connectivity index (χ4v) is 9.99. The van der Waals surface area contributed by atoms with Gasteiger partial charge in [0.1, 0.15) is 11.2 Å². The number of hydrogen-bond donors (Lipinski definition) is 4. The third-order valence-corrected chi connectivity index (χ3v) is 10.7. The lowest BCUT2D eigenvalue weighted by Gasteiger charge is -2.70. The predicted molar refractivity (Wildman–Crippen MR) is 103 cm³/mol. The summed E-state index contributed by atoms with van der Waals surface area (Å²) < 4.78 is 11.7. The van der Waals surface area contributed by atoms with E-state index < -0.39 is 34.4 Å². The van der Waals surface area contributed by atoms with Gasteiger partial charge in [-0.3, -0.25) is 4.90 Å². The molecule has 0 radical (unpaired) electrons. The van der Waals surface area contributed by atoms with E-state index in [4.69, 9.17) is 9.47 Å². The number of piperidine rings is 1. The quantitative estimate of drug-likeness (QED) is 0.510. The van der Waals surface area contributed by atoms with Crippen LogP contribution in [0.25, 0.3) is 0 Å². The fraction of sp³-hybridized carbons (Fsp3) is 1.00. The molecule has 0 amide bonds. The van der Waals surface area contributed by atoms with Gasteiger partial charge < -0.3 is 29.9 Å². The van der Waals surface area contributed by atoms with E-state index in [-0.39, 0.29) is 35.8 Å². The molecule has 6 rings (SSSR count). The van der Waals surface area contributed by atoms with Gasteiger partial charge in [0.2, 0.25) is 0 Å². The van der Waals surface area contributed by atoms with Crippen LogP contribution < -0.4 is 0 Å². The van der Waals surface area contributed by atoms with Gasteiger partial charge >= 0.3 is 0 Å². The first kappa shape index (κ1) is 19.4. The summed E-state index contributed by atoms with van der Waals surface area (Å²) in [5.74, 6) is -0.658. The summed E-state index contributed by atoms with van der Waals surface area (Å²) in [7, 11) is 3.28. The molecule has 1 spiro atoms. The highest BCUT2D eigenvalue weighted by Crippen LogP contribution is 2.78. The van der Waals surface area contributed by atoms with Crippen molar-refractivity contribution in [1.82, 2.24) is 4.90 Å². The normalized spacial score (nSPS) is 65.1. The molecular weight excluding hydrogens is 374 g/mol. The predicted octanol–water partition coefficient (Wildman–Crippen LogP) is -0.256. The van der Waals surface area contributed by atoms with Crippen molar-refractivity contribution >= 4 is 0 Å². The zero-order chi connectivity index (χ0) is 20.6. The molecule has 164 valence electrons. The third kappa shape index (κ3) is 1.74. The van der Waals surface area contributed by atoms with Gasteiger partial charge in [-0.1, -0.05) is 6.92 Å². The molecule has 29 heavy (non-hydrogen) atoms. The minimum absolute atomic E-state index is 0.0213. The van der Waals surface area contributed by atoms with E-state index in [0.29, 0.717) is 38.6 Å². The maximum atomic E-state index is 12.3. The third-order valence-electron chi connectivity index (χ3n) is 10.7. The Morgan fingerprint density at radius 2 is 1.83 bits per heavy atom. The molecule has 12 atom stereocenters. The SMILES string of the molecule is CCN1C[C@]2(O)CC[C@@H](O)[C@@]34[C@@H]2C[C@@H]([C@@H]13)[C@@]1(O)C[C@H](OC)[C@H]2C[C@@H]4[C@]1(O)[C@@H]2OC. The molecule has 7 nitrogen and oxygen atoms in total. The first-order chi connectivity index (χ1) is 13.7. The highest BCUT2D eigenvalue weighted by atomic mass is 16.5. The van der Waals surface area contributed by atoms with Crippen LogP contribution in [0.5, 0.6) is 0 Å². The lowest BCUT2D eigenvalue weighted by molar-refractivity contribution is -0.336. The van der Waals surface area contributed by atoms with E-state index in [9.17, 15) is 20.4 Å². The monoisotopic (exact) mass is 409 g/mol. The van der Waals surface area contributed by atoms with E-state index in [0.717, 1.165) is 6.54 Å². The van der Waals surface area contributed by atoms with Crippen LogP contribution in [0.15, 0.2) is 0 Å².